The molecule has 1 aliphatic rings. The van der Waals surface area contributed by atoms with Gasteiger partial charge in [0.05, 0.1) is 9.54 Å². The quantitative estimate of drug-likeness (QED) is 0.709. The number of hydrogen-bond acceptors (Lipinski definition) is 3. The van der Waals surface area contributed by atoms with Crippen molar-refractivity contribution in [3.8, 4) is 5.75 Å². The maximum Gasteiger partial charge on any atom is 0.429 e. The molecule has 1 aromatic rings. The third-order valence-corrected chi connectivity index (χ3v) is 3.21. The molecule has 0 fully saturated rings. The van der Waals surface area contributed by atoms with Gasteiger partial charge in [0.25, 0.3) is 0 Å². The second kappa shape index (κ2) is 4.45. The molecule has 0 amide bonds. The van der Waals surface area contributed by atoms with E-state index in [1.807, 2.05) is 22.6 Å². The zero-order chi connectivity index (χ0) is 13.5. The Kier molecular flexibility index (Phi) is 3.26. The number of hydrogen-bond donors (Lipinski definition) is 0. The van der Waals surface area contributed by atoms with Crippen molar-refractivity contribution in [2.75, 3.05) is 0 Å². The third kappa shape index (κ3) is 2.31. The van der Waals surface area contributed by atoms with Crippen LogP contribution in [0.3, 0.4) is 0 Å². The molecule has 0 aliphatic carbocycles. The number of fused-ring (bicyclic) bond motifs is 1. The second-order valence-corrected chi connectivity index (χ2v) is 4.75. The summed E-state index contributed by atoms with van der Waals surface area (Å²) in [6.45, 7) is 0. The second-order valence-electron chi connectivity index (χ2n) is 3.58. The summed E-state index contributed by atoms with van der Waals surface area (Å²) in [5.74, 6) is -1.85. The van der Waals surface area contributed by atoms with Crippen molar-refractivity contribution in [3.05, 3.63) is 32.9 Å². The molecular weight excluding hydrogens is 364 g/mol. The fraction of sp³-hybridized carbons (Fsp3) is 0.182. The van der Waals surface area contributed by atoms with Crippen LogP contribution in [0.5, 0.6) is 5.75 Å². The van der Waals surface area contributed by atoms with Crippen LogP contribution in [0.1, 0.15) is 5.56 Å². The number of para-hydroxylation sites is 1. The van der Waals surface area contributed by atoms with Gasteiger partial charge in [0.15, 0.2) is 0 Å². The van der Waals surface area contributed by atoms with Gasteiger partial charge in [-0.3, -0.25) is 0 Å². The van der Waals surface area contributed by atoms with Crippen LogP contribution in [-0.4, -0.2) is 18.2 Å². The van der Waals surface area contributed by atoms with Crippen LogP contribution in [0, 0.1) is 3.57 Å². The topological polar surface area (TPSA) is 49.4 Å². The Morgan fingerprint density at radius 2 is 2.06 bits per heavy atom. The highest BCUT2D eigenvalue weighted by Gasteiger charge is 2.46. The van der Waals surface area contributed by atoms with Crippen molar-refractivity contribution in [2.24, 2.45) is 0 Å². The smallest absolute Gasteiger partial charge is 0.429 e. The molecule has 1 aromatic carbocycles. The Bertz CT molecular complexity index is 537. The van der Waals surface area contributed by atoms with Gasteiger partial charge in [-0.05, 0) is 34.7 Å². The zero-order valence-corrected chi connectivity index (χ0v) is 10.8. The first-order chi connectivity index (χ1) is 8.30. The molecule has 1 heterocycles. The minimum atomic E-state index is -4.80. The van der Waals surface area contributed by atoms with Crippen molar-refractivity contribution in [1.82, 2.24) is 0 Å². The van der Waals surface area contributed by atoms with E-state index in [4.69, 9.17) is 4.74 Å². The number of carbonyl (C=O) groups excluding carboxylic acids is 1. The Balaban J connectivity index is 2.57. The van der Waals surface area contributed by atoms with E-state index in [0.29, 0.717) is 9.13 Å². The number of alkyl halides is 3. The van der Waals surface area contributed by atoms with Crippen LogP contribution in [-0.2, 0) is 4.79 Å². The zero-order valence-electron chi connectivity index (χ0n) is 8.62. The van der Waals surface area contributed by atoms with Crippen molar-refractivity contribution in [1.29, 1.82) is 0 Å². The van der Waals surface area contributed by atoms with Crippen LogP contribution in [0.2, 0.25) is 0 Å². The van der Waals surface area contributed by atoms with E-state index in [2.05, 4.69) is 0 Å². The molecule has 2 rings (SSSR count). The SMILES string of the molecule is O=C([O-])C1=Cc2cccc(I)c2OC1C(F)(F)F. The number of carbonyl (C=O) groups is 1. The van der Waals surface area contributed by atoms with Gasteiger partial charge < -0.3 is 14.6 Å². The lowest BCUT2D eigenvalue weighted by atomic mass is 10.0. The molecule has 0 aromatic heterocycles. The highest BCUT2D eigenvalue weighted by Crippen LogP contribution is 2.39. The van der Waals surface area contributed by atoms with E-state index in [9.17, 15) is 23.1 Å². The molecule has 1 unspecified atom stereocenters. The molecule has 96 valence electrons. The maximum atomic E-state index is 12.7. The number of ether oxygens (including phenoxy) is 1. The summed E-state index contributed by atoms with van der Waals surface area (Å²) in [6, 6.07) is 4.65. The summed E-state index contributed by atoms with van der Waals surface area (Å²) in [7, 11) is 0. The van der Waals surface area contributed by atoms with E-state index < -0.39 is 23.8 Å². The molecule has 1 aliphatic heterocycles. The predicted octanol–water partition coefficient (Wildman–Crippen LogP) is 1.75. The normalized spacial score (nSPS) is 18.7. The number of carboxylic acids is 1. The Labute approximate surface area is 113 Å². The standard InChI is InChI=1S/C11H6F3IO3/c12-11(13,14)9-6(10(16)17)4-5-2-1-3-7(15)8(5)18-9/h1-4,9H,(H,16,17)/p-1. The predicted molar refractivity (Wildman–Crippen MR) is 62.6 cm³/mol. The molecule has 18 heavy (non-hydrogen) atoms. The lowest BCUT2D eigenvalue weighted by Crippen LogP contribution is -2.44. The van der Waals surface area contributed by atoms with Crippen LogP contribution in [0.4, 0.5) is 13.2 Å². The molecule has 0 saturated heterocycles. The van der Waals surface area contributed by atoms with Crippen molar-refractivity contribution >= 4 is 34.6 Å². The van der Waals surface area contributed by atoms with E-state index in [-0.39, 0.29) is 5.75 Å². The average Bonchev–Trinajstić information content (AvgIpc) is 2.26. The number of aliphatic carboxylic acids is 1. The molecule has 0 N–H and O–H groups in total. The van der Waals surface area contributed by atoms with Crippen LogP contribution >= 0.6 is 22.6 Å². The summed E-state index contributed by atoms with van der Waals surface area (Å²) < 4.78 is 43.4. The fourth-order valence-corrected chi connectivity index (χ4v) is 2.24. The highest BCUT2D eigenvalue weighted by atomic mass is 127. The van der Waals surface area contributed by atoms with Gasteiger partial charge in [-0.25, -0.2) is 0 Å². The Morgan fingerprint density at radius 3 is 2.61 bits per heavy atom. The summed E-state index contributed by atoms with van der Waals surface area (Å²) >= 11 is 1.82. The third-order valence-electron chi connectivity index (χ3n) is 2.36. The number of carboxylic acid groups (broad SMARTS) is 1. The number of halogens is 4. The largest absolute Gasteiger partial charge is 0.545 e. The van der Waals surface area contributed by atoms with Gasteiger partial charge in [-0.1, -0.05) is 12.1 Å². The highest BCUT2D eigenvalue weighted by molar-refractivity contribution is 14.1. The lowest BCUT2D eigenvalue weighted by Gasteiger charge is -2.29. The first-order valence-corrected chi connectivity index (χ1v) is 5.83. The summed E-state index contributed by atoms with van der Waals surface area (Å²) in [5, 5.41) is 10.7. The van der Waals surface area contributed by atoms with Crippen LogP contribution in [0.25, 0.3) is 6.08 Å². The average molecular weight is 369 g/mol. The van der Waals surface area contributed by atoms with Crippen molar-refractivity contribution in [2.45, 2.75) is 12.3 Å². The molecule has 0 bridgehead atoms. The number of benzene rings is 1. The van der Waals surface area contributed by atoms with E-state index in [0.717, 1.165) is 6.08 Å². The van der Waals surface area contributed by atoms with Gasteiger partial charge in [-0.15, -0.1) is 0 Å². The Morgan fingerprint density at radius 1 is 1.39 bits per heavy atom. The number of rotatable bonds is 1. The monoisotopic (exact) mass is 369 g/mol. The molecule has 0 spiro atoms. The molecule has 1 atom stereocenters. The van der Waals surface area contributed by atoms with Crippen LogP contribution in [0.15, 0.2) is 23.8 Å². The molecule has 7 heteroatoms. The van der Waals surface area contributed by atoms with E-state index >= 15 is 0 Å². The molecule has 0 saturated carbocycles. The van der Waals surface area contributed by atoms with E-state index in [1.165, 1.54) is 6.07 Å². The van der Waals surface area contributed by atoms with Gasteiger partial charge in [0, 0.05) is 11.1 Å². The van der Waals surface area contributed by atoms with Crippen LogP contribution < -0.4 is 9.84 Å². The summed E-state index contributed by atoms with van der Waals surface area (Å²) in [4.78, 5) is 10.7. The first kappa shape index (κ1) is 13.2. The van der Waals surface area contributed by atoms with Gasteiger partial charge >= 0.3 is 6.18 Å². The lowest BCUT2D eigenvalue weighted by molar-refractivity contribution is -0.302. The summed E-state index contributed by atoms with van der Waals surface area (Å²) in [5.41, 5.74) is -0.626. The van der Waals surface area contributed by atoms with Crippen molar-refractivity contribution in [3.63, 3.8) is 0 Å². The molecule has 3 nitrogen and oxygen atoms in total. The molecular formula is C11H5F3IO3-. The minimum Gasteiger partial charge on any atom is -0.545 e. The molecule has 0 radical (unpaired) electrons. The van der Waals surface area contributed by atoms with Gasteiger partial charge in [0.1, 0.15) is 5.75 Å². The van der Waals surface area contributed by atoms with Crippen molar-refractivity contribution < 1.29 is 27.8 Å². The van der Waals surface area contributed by atoms with E-state index in [1.54, 1.807) is 12.1 Å². The Hall–Kier alpha value is -1.25. The maximum absolute atomic E-state index is 12.7. The first-order valence-electron chi connectivity index (χ1n) is 4.75. The van der Waals surface area contributed by atoms with Gasteiger partial charge in [0.2, 0.25) is 6.10 Å². The fourth-order valence-electron chi connectivity index (χ4n) is 1.60. The minimum absolute atomic E-state index is 0.0328. The van der Waals surface area contributed by atoms with Gasteiger partial charge in [-0.2, -0.15) is 13.2 Å². The summed E-state index contributed by atoms with van der Waals surface area (Å²) in [6.07, 6.45) is -6.36.